The number of aliphatic hydroxyl groups is 1. The van der Waals surface area contributed by atoms with E-state index >= 15 is 0 Å². The molecule has 1 atom stereocenters. The number of aromatic nitrogens is 3. The molecule has 0 unspecified atom stereocenters. The number of aliphatic hydroxyl groups excluding tert-OH is 1. The van der Waals surface area contributed by atoms with Crippen molar-refractivity contribution in [3.63, 3.8) is 0 Å². The monoisotopic (exact) mass is 473 g/mol. The maximum Gasteiger partial charge on any atom is 0.419 e. The minimum absolute atomic E-state index is 0.115. The number of likely N-dealkylation sites (tertiary alicyclic amines) is 1. The molecule has 3 rings (SSSR count). The molecule has 2 aromatic heterocycles. The summed E-state index contributed by atoms with van der Waals surface area (Å²) >= 11 is 0. The Kier molecular flexibility index (Phi) is 7.01. The average molecular weight is 473 g/mol. The first-order valence-corrected chi connectivity index (χ1v) is 10.7. The Labute approximate surface area is 188 Å². The Morgan fingerprint density at radius 1 is 1.27 bits per heavy atom. The van der Waals surface area contributed by atoms with Crippen molar-refractivity contribution in [2.75, 3.05) is 18.8 Å². The highest BCUT2D eigenvalue weighted by Gasteiger charge is 2.35. The van der Waals surface area contributed by atoms with E-state index in [1.54, 1.807) is 24.6 Å². The molecule has 33 heavy (non-hydrogen) atoms. The number of anilines is 1. The van der Waals surface area contributed by atoms with E-state index in [0.717, 1.165) is 6.07 Å². The molecule has 0 radical (unpaired) electrons. The number of piperidine rings is 1. The smallest absolute Gasteiger partial charge is 0.385 e. The lowest BCUT2D eigenvalue weighted by molar-refractivity contribution is -0.137. The highest BCUT2D eigenvalue weighted by Crippen LogP contribution is 2.36. The lowest BCUT2D eigenvalue weighted by Gasteiger charge is -2.34. The fraction of sp³-hybridized carbons (Fsp3) is 0.545. The van der Waals surface area contributed by atoms with Crippen LogP contribution in [0.4, 0.5) is 27.8 Å². The van der Waals surface area contributed by atoms with Crippen LogP contribution in [0.2, 0.25) is 0 Å². The summed E-state index contributed by atoms with van der Waals surface area (Å²) in [5.41, 5.74) is 5.34. The Hall–Kier alpha value is -2.69. The highest BCUT2D eigenvalue weighted by atomic mass is 19.4. The number of nitrogen functional groups attached to an aromatic ring is 1. The summed E-state index contributed by atoms with van der Waals surface area (Å²) in [7, 11) is 0. The predicted molar refractivity (Wildman–Crippen MR) is 114 cm³/mol. The first-order valence-electron chi connectivity index (χ1n) is 10.7. The summed E-state index contributed by atoms with van der Waals surface area (Å²) in [6.07, 6.45) is -2.92. The van der Waals surface area contributed by atoms with Crippen LogP contribution in [0.25, 0.3) is 11.3 Å². The lowest BCUT2D eigenvalue weighted by Crippen LogP contribution is -2.38. The van der Waals surface area contributed by atoms with Crippen LogP contribution in [-0.4, -0.2) is 43.6 Å². The van der Waals surface area contributed by atoms with Crippen molar-refractivity contribution >= 4 is 5.82 Å². The molecule has 0 bridgehead atoms. The van der Waals surface area contributed by atoms with Gasteiger partial charge in [-0.15, -0.1) is 0 Å². The van der Waals surface area contributed by atoms with Crippen molar-refractivity contribution in [3.8, 4) is 11.3 Å². The average Bonchev–Trinajstić information content (AvgIpc) is 3.14. The van der Waals surface area contributed by atoms with Gasteiger partial charge < -0.3 is 20.3 Å². The standard InChI is InChI=1S/C22H28F5N5O/c1-13(2)18(33)20-30-17(15-10-16(22(25,26)27)19(28)29-11-15)12-32(20)7-4-14(3)31-8-5-21(23,24)6-9-31/h10-13,18,33H,3-9H2,1-2H3,(H2,28,29)/t18-/m0/s1. The molecule has 6 nitrogen and oxygen atoms in total. The second-order valence-corrected chi connectivity index (χ2v) is 8.68. The van der Waals surface area contributed by atoms with Gasteiger partial charge in [0.15, 0.2) is 0 Å². The van der Waals surface area contributed by atoms with Crippen LogP contribution in [0.15, 0.2) is 30.7 Å². The quantitative estimate of drug-likeness (QED) is 0.561. The van der Waals surface area contributed by atoms with E-state index in [0.29, 0.717) is 24.5 Å². The zero-order chi connectivity index (χ0) is 24.6. The van der Waals surface area contributed by atoms with Crippen molar-refractivity contribution in [1.82, 2.24) is 19.4 Å². The normalized spacial score (nSPS) is 17.4. The second kappa shape index (κ2) is 9.28. The van der Waals surface area contributed by atoms with Crippen LogP contribution in [-0.2, 0) is 12.7 Å². The molecule has 11 heteroatoms. The Morgan fingerprint density at radius 2 is 1.91 bits per heavy atom. The predicted octanol–water partition coefficient (Wildman–Crippen LogP) is 4.87. The van der Waals surface area contributed by atoms with Crippen molar-refractivity contribution in [2.24, 2.45) is 5.92 Å². The van der Waals surface area contributed by atoms with Gasteiger partial charge >= 0.3 is 6.18 Å². The van der Waals surface area contributed by atoms with Crippen molar-refractivity contribution in [1.29, 1.82) is 0 Å². The van der Waals surface area contributed by atoms with Gasteiger partial charge in [-0.1, -0.05) is 20.4 Å². The molecular formula is C22H28F5N5O. The van der Waals surface area contributed by atoms with Gasteiger partial charge in [-0.25, -0.2) is 18.7 Å². The van der Waals surface area contributed by atoms with E-state index in [1.165, 1.54) is 6.20 Å². The number of hydrogen-bond acceptors (Lipinski definition) is 5. The second-order valence-electron chi connectivity index (χ2n) is 8.68. The molecule has 0 aliphatic carbocycles. The third kappa shape index (κ3) is 5.82. The molecule has 0 amide bonds. The summed E-state index contributed by atoms with van der Waals surface area (Å²) < 4.78 is 68.3. The van der Waals surface area contributed by atoms with Crippen LogP contribution in [0.1, 0.15) is 50.6 Å². The van der Waals surface area contributed by atoms with Crippen LogP contribution >= 0.6 is 0 Å². The number of alkyl halides is 5. The molecule has 0 saturated carbocycles. The number of imidazole rings is 1. The molecule has 1 saturated heterocycles. The van der Waals surface area contributed by atoms with Gasteiger partial charge in [0.05, 0.1) is 11.3 Å². The fourth-order valence-electron chi connectivity index (χ4n) is 3.68. The van der Waals surface area contributed by atoms with Crippen LogP contribution in [0, 0.1) is 5.92 Å². The zero-order valence-corrected chi connectivity index (χ0v) is 18.5. The molecule has 1 fully saturated rings. The molecule has 3 heterocycles. The van der Waals surface area contributed by atoms with E-state index in [4.69, 9.17) is 5.73 Å². The molecule has 1 aliphatic rings. The SMILES string of the molecule is C=C(CCn1cc(-c2cnc(N)c(C(F)(F)F)c2)nc1[C@@H](O)C(C)C)N1CCC(F)(F)CC1. The Bertz CT molecular complexity index is 992. The third-order valence-corrected chi connectivity index (χ3v) is 5.81. The van der Waals surface area contributed by atoms with Crippen LogP contribution < -0.4 is 5.73 Å². The number of allylic oxidation sites excluding steroid dienone is 1. The molecule has 0 spiro atoms. The van der Waals surface area contributed by atoms with Crippen molar-refractivity contribution in [3.05, 3.63) is 42.1 Å². The molecule has 1 aliphatic heterocycles. The Balaban J connectivity index is 1.84. The fourth-order valence-corrected chi connectivity index (χ4v) is 3.68. The summed E-state index contributed by atoms with van der Waals surface area (Å²) in [6, 6.07) is 0.882. The maximum atomic E-state index is 13.4. The third-order valence-electron chi connectivity index (χ3n) is 5.81. The summed E-state index contributed by atoms with van der Waals surface area (Å²) in [5.74, 6) is -3.19. The molecule has 3 N–H and O–H groups in total. The van der Waals surface area contributed by atoms with Crippen molar-refractivity contribution < 1.29 is 27.1 Å². The number of hydrogen-bond donors (Lipinski definition) is 2. The lowest BCUT2D eigenvalue weighted by atomic mass is 10.1. The number of halogens is 5. The number of nitrogens with zero attached hydrogens (tertiary/aromatic N) is 4. The van der Waals surface area contributed by atoms with Gasteiger partial charge in [0.25, 0.3) is 5.92 Å². The van der Waals surface area contributed by atoms with E-state index < -0.39 is 29.6 Å². The summed E-state index contributed by atoms with van der Waals surface area (Å²) in [6.45, 7) is 8.33. The molecule has 2 aromatic rings. The van der Waals surface area contributed by atoms with Gasteiger partial charge in [0, 0.05) is 62.6 Å². The van der Waals surface area contributed by atoms with E-state index in [9.17, 15) is 27.1 Å². The van der Waals surface area contributed by atoms with Gasteiger partial charge in [-0.3, -0.25) is 0 Å². The summed E-state index contributed by atoms with van der Waals surface area (Å²) in [4.78, 5) is 9.85. The van der Waals surface area contributed by atoms with E-state index in [2.05, 4.69) is 16.5 Å². The van der Waals surface area contributed by atoms with E-state index in [-0.39, 0.29) is 43.1 Å². The largest absolute Gasteiger partial charge is 0.419 e. The highest BCUT2D eigenvalue weighted by molar-refractivity contribution is 5.62. The number of pyridine rings is 1. The number of nitrogens with two attached hydrogens (primary N) is 1. The zero-order valence-electron chi connectivity index (χ0n) is 18.5. The van der Waals surface area contributed by atoms with Crippen molar-refractivity contribution in [2.45, 2.75) is 57.9 Å². The first-order chi connectivity index (χ1) is 15.3. The summed E-state index contributed by atoms with van der Waals surface area (Å²) in [5, 5.41) is 10.6. The number of aryl methyl sites for hydroxylation is 1. The minimum atomic E-state index is -4.67. The number of rotatable bonds is 7. The van der Waals surface area contributed by atoms with Gasteiger partial charge in [0.1, 0.15) is 17.7 Å². The van der Waals surface area contributed by atoms with Gasteiger partial charge in [-0.2, -0.15) is 13.2 Å². The maximum absolute atomic E-state index is 13.4. The molecular weight excluding hydrogens is 445 g/mol. The van der Waals surface area contributed by atoms with Gasteiger partial charge in [0.2, 0.25) is 0 Å². The first kappa shape index (κ1) is 24.9. The van der Waals surface area contributed by atoms with E-state index in [1.807, 2.05) is 4.90 Å². The Morgan fingerprint density at radius 3 is 2.48 bits per heavy atom. The molecule has 0 aromatic carbocycles. The van der Waals surface area contributed by atoms with Crippen LogP contribution in [0.5, 0.6) is 0 Å². The topological polar surface area (TPSA) is 80.2 Å². The molecule has 182 valence electrons. The van der Waals surface area contributed by atoms with Gasteiger partial charge in [-0.05, 0) is 12.0 Å². The van der Waals surface area contributed by atoms with Crippen LogP contribution in [0.3, 0.4) is 0 Å². The minimum Gasteiger partial charge on any atom is -0.385 e.